The first-order chi connectivity index (χ1) is 8.21. The first-order valence-electron chi connectivity index (χ1n) is 5.44. The van der Waals surface area contributed by atoms with E-state index in [9.17, 15) is 8.42 Å². The third-order valence-corrected chi connectivity index (χ3v) is 4.27. The first-order valence-corrected chi connectivity index (χ1v) is 8.09. The smallest absolute Gasteiger partial charge is 0.270 e. The van der Waals surface area contributed by atoms with Crippen LogP contribution in [0, 0.1) is 12.8 Å². The van der Waals surface area contributed by atoms with E-state index >= 15 is 0 Å². The van der Waals surface area contributed by atoms with Gasteiger partial charge in [0.05, 0.1) is 5.69 Å². The standard InChI is InChI=1S/C11H16BrClN2O2S/c1-7(2)6-14-18(16,17)15-11-5-10(13)8(3)4-9(11)12/h4-5,7,14-15H,6H2,1-3H3. The summed E-state index contributed by atoms with van der Waals surface area (Å²) >= 11 is 9.27. The van der Waals surface area contributed by atoms with E-state index in [0.29, 0.717) is 21.7 Å². The molecule has 0 fully saturated rings. The molecule has 18 heavy (non-hydrogen) atoms. The first kappa shape index (κ1) is 15.8. The van der Waals surface area contributed by atoms with Gasteiger partial charge in [0.2, 0.25) is 0 Å². The molecule has 0 saturated carbocycles. The zero-order chi connectivity index (χ0) is 13.9. The molecule has 0 amide bonds. The summed E-state index contributed by atoms with van der Waals surface area (Å²) in [6.07, 6.45) is 0. The quantitative estimate of drug-likeness (QED) is 0.851. The molecule has 1 aromatic carbocycles. The van der Waals surface area contributed by atoms with Crippen molar-refractivity contribution in [1.82, 2.24) is 4.72 Å². The highest BCUT2D eigenvalue weighted by Crippen LogP contribution is 2.29. The zero-order valence-corrected chi connectivity index (χ0v) is 13.6. The average molecular weight is 356 g/mol. The number of hydrogen-bond acceptors (Lipinski definition) is 2. The number of anilines is 1. The van der Waals surface area contributed by atoms with Crippen LogP contribution in [0.4, 0.5) is 5.69 Å². The summed E-state index contributed by atoms with van der Waals surface area (Å²) in [6, 6.07) is 3.35. The minimum Gasteiger partial charge on any atom is -0.270 e. The number of nitrogens with one attached hydrogen (secondary N) is 2. The fourth-order valence-corrected chi connectivity index (χ4v) is 3.12. The number of hydrogen-bond donors (Lipinski definition) is 2. The molecular formula is C11H16BrClN2O2S. The summed E-state index contributed by atoms with van der Waals surface area (Å²) in [5.74, 6) is 0.242. The molecule has 0 atom stereocenters. The molecule has 0 saturated heterocycles. The van der Waals surface area contributed by atoms with Crippen molar-refractivity contribution < 1.29 is 8.42 Å². The Labute approximate surface area is 121 Å². The summed E-state index contributed by atoms with van der Waals surface area (Å²) in [5.41, 5.74) is 1.29. The number of halogens is 2. The van der Waals surface area contributed by atoms with Gasteiger partial charge in [-0.1, -0.05) is 25.4 Å². The molecule has 2 N–H and O–H groups in total. The van der Waals surface area contributed by atoms with Crippen LogP contribution in [0.5, 0.6) is 0 Å². The van der Waals surface area contributed by atoms with Gasteiger partial charge in [-0.3, -0.25) is 4.72 Å². The second-order valence-corrected chi connectivity index (χ2v) is 7.19. The lowest BCUT2D eigenvalue weighted by molar-refractivity contribution is 0.565. The monoisotopic (exact) mass is 354 g/mol. The highest BCUT2D eigenvalue weighted by Gasteiger charge is 2.13. The maximum Gasteiger partial charge on any atom is 0.299 e. The number of aryl methyl sites for hydroxylation is 1. The molecule has 0 aliphatic carbocycles. The van der Waals surface area contributed by atoms with Crippen molar-refractivity contribution in [3.05, 3.63) is 27.2 Å². The van der Waals surface area contributed by atoms with Crippen LogP contribution in [0.25, 0.3) is 0 Å². The molecule has 1 rings (SSSR count). The molecule has 1 aromatic rings. The molecule has 0 bridgehead atoms. The molecule has 7 heteroatoms. The van der Waals surface area contributed by atoms with Gasteiger partial charge in [-0.15, -0.1) is 0 Å². The molecule has 0 spiro atoms. The van der Waals surface area contributed by atoms with Gasteiger partial charge in [0.1, 0.15) is 0 Å². The highest BCUT2D eigenvalue weighted by molar-refractivity contribution is 9.10. The fraction of sp³-hybridized carbons (Fsp3) is 0.455. The molecule has 0 unspecified atom stereocenters. The van der Waals surface area contributed by atoms with Crippen LogP contribution < -0.4 is 9.44 Å². The highest BCUT2D eigenvalue weighted by atomic mass is 79.9. The van der Waals surface area contributed by atoms with E-state index in [4.69, 9.17) is 11.6 Å². The van der Waals surface area contributed by atoms with Gasteiger partial charge in [0, 0.05) is 16.0 Å². The number of benzene rings is 1. The molecule has 0 aromatic heterocycles. The van der Waals surface area contributed by atoms with E-state index in [0.717, 1.165) is 5.56 Å². The minimum absolute atomic E-state index is 0.242. The molecule has 102 valence electrons. The van der Waals surface area contributed by atoms with Gasteiger partial charge in [0.25, 0.3) is 10.2 Å². The lowest BCUT2D eigenvalue weighted by atomic mass is 10.2. The Morgan fingerprint density at radius 2 is 2.00 bits per heavy atom. The molecular weight excluding hydrogens is 340 g/mol. The van der Waals surface area contributed by atoms with Gasteiger partial charge < -0.3 is 0 Å². The van der Waals surface area contributed by atoms with Gasteiger partial charge in [-0.05, 0) is 46.5 Å². The molecule has 0 radical (unpaired) electrons. The maximum atomic E-state index is 11.8. The van der Waals surface area contributed by atoms with Crippen molar-refractivity contribution in [3.63, 3.8) is 0 Å². The second-order valence-electron chi connectivity index (χ2n) is 4.43. The number of rotatable bonds is 5. The van der Waals surface area contributed by atoms with Crippen molar-refractivity contribution >= 4 is 43.4 Å². The Balaban J connectivity index is 2.87. The van der Waals surface area contributed by atoms with Crippen LogP contribution >= 0.6 is 27.5 Å². The molecule has 0 heterocycles. The summed E-state index contributed by atoms with van der Waals surface area (Å²) < 4.78 is 29.1. The van der Waals surface area contributed by atoms with Crippen molar-refractivity contribution in [2.24, 2.45) is 5.92 Å². The van der Waals surface area contributed by atoms with Crippen LogP contribution in [0.1, 0.15) is 19.4 Å². The van der Waals surface area contributed by atoms with Crippen LogP contribution in [0.2, 0.25) is 5.02 Å². The van der Waals surface area contributed by atoms with E-state index in [2.05, 4.69) is 25.4 Å². The second kappa shape index (κ2) is 6.23. The summed E-state index contributed by atoms with van der Waals surface area (Å²) in [5, 5.41) is 0.514. The van der Waals surface area contributed by atoms with E-state index in [-0.39, 0.29) is 5.92 Å². The van der Waals surface area contributed by atoms with Gasteiger partial charge in [0.15, 0.2) is 0 Å². The van der Waals surface area contributed by atoms with Gasteiger partial charge in [-0.2, -0.15) is 13.1 Å². The third-order valence-electron chi connectivity index (χ3n) is 2.17. The lowest BCUT2D eigenvalue weighted by Gasteiger charge is -2.13. The predicted octanol–water partition coefficient (Wildman–Crippen LogP) is 3.31. The van der Waals surface area contributed by atoms with Crippen LogP contribution in [-0.4, -0.2) is 15.0 Å². The van der Waals surface area contributed by atoms with Crippen molar-refractivity contribution in [2.75, 3.05) is 11.3 Å². The van der Waals surface area contributed by atoms with E-state index < -0.39 is 10.2 Å². The Bertz CT molecular complexity index is 532. The Kier molecular flexibility index (Phi) is 5.46. The van der Waals surface area contributed by atoms with Crippen LogP contribution in [-0.2, 0) is 10.2 Å². The summed E-state index contributed by atoms with van der Waals surface area (Å²) in [6.45, 7) is 6.09. The van der Waals surface area contributed by atoms with Crippen molar-refractivity contribution in [2.45, 2.75) is 20.8 Å². The molecule has 0 aliphatic rings. The Morgan fingerprint density at radius 1 is 1.39 bits per heavy atom. The molecule has 0 aliphatic heterocycles. The third kappa shape index (κ3) is 4.76. The lowest BCUT2D eigenvalue weighted by Crippen LogP contribution is -2.33. The van der Waals surface area contributed by atoms with Crippen LogP contribution in [0.15, 0.2) is 16.6 Å². The predicted molar refractivity (Wildman–Crippen MR) is 79.3 cm³/mol. The maximum absolute atomic E-state index is 11.8. The van der Waals surface area contributed by atoms with E-state index in [1.807, 2.05) is 20.8 Å². The van der Waals surface area contributed by atoms with Gasteiger partial charge in [-0.25, -0.2) is 0 Å². The van der Waals surface area contributed by atoms with E-state index in [1.165, 1.54) is 0 Å². The van der Waals surface area contributed by atoms with Crippen molar-refractivity contribution in [1.29, 1.82) is 0 Å². The van der Waals surface area contributed by atoms with Gasteiger partial charge >= 0.3 is 0 Å². The average Bonchev–Trinajstić information content (AvgIpc) is 2.23. The summed E-state index contributed by atoms with van der Waals surface area (Å²) in [4.78, 5) is 0. The molecule has 4 nitrogen and oxygen atoms in total. The Morgan fingerprint density at radius 3 is 2.56 bits per heavy atom. The Hall–Kier alpha value is -0.300. The fourth-order valence-electron chi connectivity index (χ4n) is 1.18. The SMILES string of the molecule is Cc1cc(Br)c(NS(=O)(=O)NCC(C)C)cc1Cl. The zero-order valence-electron chi connectivity index (χ0n) is 10.4. The topological polar surface area (TPSA) is 58.2 Å². The normalized spacial score (nSPS) is 11.9. The van der Waals surface area contributed by atoms with E-state index in [1.54, 1.807) is 12.1 Å². The summed E-state index contributed by atoms with van der Waals surface area (Å²) in [7, 11) is -3.57. The largest absolute Gasteiger partial charge is 0.299 e. The van der Waals surface area contributed by atoms with Crippen LogP contribution in [0.3, 0.4) is 0 Å². The van der Waals surface area contributed by atoms with Crippen molar-refractivity contribution in [3.8, 4) is 0 Å². The minimum atomic E-state index is -3.57.